The molecule has 7 heteroatoms. The SMILES string of the molecule is CCCCCCCCCCCCCCCCOCCOP(=O)([O-])OCC[N+]1(C)CCCCC1. The molecular formula is C26H54NO5P. The molecule has 0 spiro atoms. The zero-order valence-corrected chi connectivity index (χ0v) is 22.8. The van der Waals surface area contributed by atoms with Gasteiger partial charge in [-0.3, -0.25) is 4.57 Å². The van der Waals surface area contributed by atoms with Crippen molar-refractivity contribution in [3.63, 3.8) is 0 Å². The highest BCUT2D eigenvalue weighted by Crippen LogP contribution is 2.38. The molecule has 1 unspecified atom stereocenters. The highest BCUT2D eigenvalue weighted by atomic mass is 31.2. The second-order valence-corrected chi connectivity index (χ2v) is 11.6. The molecule has 0 N–H and O–H groups in total. The van der Waals surface area contributed by atoms with Crippen LogP contribution in [0.2, 0.25) is 0 Å². The van der Waals surface area contributed by atoms with Crippen molar-refractivity contribution in [2.45, 2.75) is 116 Å². The average molecular weight is 492 g/mol. The largest absolute Gasteiger partial charge is 0.756 e. The minimum Gasteiger partial charge on any atom is -0.756 e. The Morgan fingerprint density at radius 2 is 1.15 bits per heavy atom. The van der Waals surface area contributed by atoms with Gasteiger partial charge in [-0.1, -0.05) is 90.4 Å². The summed E-state index contributed by atoms with van der Waals surface area (Å²) in [6.45, 7) is 6.37. The van der Waals surface area contributed by atoms with E-state index >= 15 is 0 Å². The highest BCUT2D eigenvalue weighted by Gasteiger charge is 2.25. The highest BCUT2D eigenvalue weighted by molar-refractivity contribution is 7.45. The first-order valence-corrected chi connectivity index (χ1v) is 15.4. The Labute approximate surface area is 205 Å². The minimum atomic E-state index is -4.22. The normalized spacial score (nSPS) is 17.8. The number of quaternary nitrogens is 1. The number of hydrogen-bond donors (Lipinski definition) is 0. The van der Waals surface area contributed by atoms with Crippen molar-refractivity contribution in [1.82, 2.24) is 0 Å². The number of ether oxygens (including phenoxy) is 1. The van der Waals surface area contributed by atoms with Crippen molar-refractivity contribution in [2.75, 3.05) is 53.1 Å². The van der Waals surface area contributed by atoms with Crippen LogP contribution < -0.4 is 4.89 Å². The van der Waals surface area contributed by atoms with Crippen LogP contribution in [-0.2, 0) is 18.3 Å². The molecule has 6 nitrogen and oxygen atoms in total. The van der Waals surface area contributed by atoms with Crippen molar-refractivity contribution in [2.24, 2.45) is 0 Å². The molecule has 0 saturated carbocycles. The maximum atomic E-state index is 11.9. The van der Waals surface area contributed by atoms with Gasteiger partial charge in [0.05, 0.1) is 33.4 Å². The maximum Gasteiger partial charge on any atom is 0.268 e. The molecule has 0 radical (unpaired) electrons. The van der Waals surface area contributed by atoms with Crippen LogP contribution in [0, 0.1) is 0 Å². The summed E-state index contributed by atoms with van der Waals surface area (Å²) in [6, 6.07) is 0. The quantitative estimate of drug-likeness (QED) is 0.0913. The van der Waals surface area contributed by atoms with Gasteiger partial charge in [0.25, 0.3) is 7.82 Å². The second-order valence-electron chi connectivity index (χ2n) is 10.2. The molecule has 1 saturated heterocycles. The van der Waals surface area contributed by atoms with E-state index in [0.29, 0.717) is 19.8 Å². The molecule has 33 heavy (non-hydrogen) atoms. The Kier molecular flexibility index (Phi) is 19.1. The molecule has 0 amide bonds. The van der Waals surface area contributed by atoms with Gasteiger partial charge >= 0.3 is 0 Å². The van der Waals surface area contributed by atoms with Gasteiger partial charge in [-0.2, -0.15) is 0 Å². The lowest BCUT2D eigenvalue weighted by Gasteiger charge is -2.38. The molecule has 198 valence electrons. The lowest BCUT2D eigenvalue weighted by Crippen LogP contribution is -2.49. The van der Waals surface area contributed by atoms with Crippen LogP contribution in [0.5, 0.6) is 0 Å². The van der Waals surface area contributed by atoms with E-state index in [1.165, 1.54) is 103 Å². The second kappa shape index (κ2) is 20.2. The Hall–Kier alpha value is 0.0300. The summed E-state index contributed by atoms with van der Waals surface area (Å²) in [5.41, 5.74) is 0. The molecule has 1 aliphatic heterocycles. The number of unbranched alkanes of at least 4 members (excludes halogenated alkanes) is 13. The summed E-state index contributed by atoms with van der Waals surface area (Å²) in [5.74, 6) is 0. The van der Waals surface area contributed by atoms with Gasteiger partial charge < -0.3 is 23.2 Å². The van der Waals surface area contributed by atoms with Crippen LogP contribution in [0.1, 0.15) is 116 Å². The predicted molar refractivity (Wildman–Crippen MR) is 135 cm³/mol. The first-order chi connectivity index (χ1) is 16.0. The zero-order chi connectivity index (χ0) is 24.1. The number of likely N-dealkylation sites (N-methyl/N-ethyl adjacent to an activating group) is 1. The fourth-order valence-electron chi connectivity index (χ4n) is 4.62. The number of hydrogen-bond acceptors (Lipinski definition) is 5. The number of rotatable bonds is 23. The van der Waals surface area contributed by atoms with Crippen LogP contribution in [-0.4, -0.2) is 57.6 Å². The third-order valence-corrected chi connectivity index (χ3v) is 7.89. The average Bonchev–Trinajstić information content (AvgIpc) is 2.78. The first-order valence-electron chi connectivity index (χ1n) is 14.0. The fraction of sp³-hybridized carbons (Fsp3) is 1.00. The van der Waals surface area contributed by atoms with E-state index in [9.17, 15) is 9.46 Å². The molecule has 1 aliphatic rings. The van der Waals surface area contributed by atoms with Gasteiger partial charge in [-0.25, -0.2) is 0 Å². The van der Waals surface area contributed by atoms with Crippen LogP contribution in [0.3, 0.4) is 0 Å². The lowest BCUT2D eigenvalue weighted by atomic mass is 10.0. The van der Waals surface area contributed by atoms with Gasteiger partial charge in [-0.05, 0) is 25.7 Å². The van der Waals surface area contributed by atoms with E-state index in [1.807, 2.05) is 0 Å². The van der Waals surface area contributed by atoms with Crippen molar-refractivity contribution < 1.29 is 27.7 Å². The summed E-state index contributed by atoms with van der Waals surface area (Å²) >= 11 is 0. The molecule has 0 aromatic carbocycles. The smallest absolute Gasteiger partial charge is 0.268 e. The topological polar surface area (TPSA) is 67.8 Å². The van der Waals surface area contributed by atoms with E-state index in [2.05, 4.69) is 14.0 Å². The van der Waals surface area contributed by atoms with E-state index in [1.54, 1.807) is 0 Å². The third kappa shape index (κ3) is 19.0. The summed E-state index contributed by atoms with van der Waals surface area (Å²) < 4.78 is 28.2. The summed E-state index contributed by atoms with van der Waals surface area (Å²) in [6.07, 6.45) is 22.4. The van der Waals surface area contributed by atoms with E-state index in [-0.39, 0.29) is 13.2 Å². The number of nitrogens with zero attached hydrogens (tertiary/aromatic N) is 1. The molecule has 0 aromatic rings. The van der Waals surface area contributed by atoms with Crippen molar-refractivity contribution in [3.8, 4) is 0 Å². The van der Waals surface area contributed by atoms with Gasteiger partial charge in [0, 0.05) is 6.61 Å². The molecule has 0 bridgehead atoms. The standard InChI is InChI=1S/C26H54NO5P/c1-3-4-5-6-7-8-9-10-11-12-13-14-15-19-23-30-25-26-32-33(28,29)31-24-22-27(2)20-17-16-18-21-27/h3-26H2,1-2H3. The molecule has 0 aromatic heterocycles. The summed E-state index contributed by atoms with van der Waals surface area (Å²) in [7, 11) is -2.05. The van der Waals surface area contributed by atoms with Crippen molar-refractivity contribution in [3.05, 3.63) is 0 Å². The third-order valence-electron chi connectivity index (χ3n) is 6.90. The van der Waals surface area contributed by atoms with E-state index < -0.39 is 7.82 Å². The van der Waals surface area contributed by atoms with Crippen molar-refractivity contribution in [1.29, 1.82) is 0 Å². The van der Waals surface area contributed by atoms with Gasteiger partial charge in [-0.15, -0.1) is 0 Å². The Bertz CT molecular complexity index is 485. The lowest BCUT2D eigenvalue weighted by molar-refractivity contribution is -0.914. The molecule has 0 aliphatic carbocycles. The van der Waals surface area contributed by atoms with Crippen molar-refractivity contribution >= 4 is 7.82 Å². The predicted octanol–water partition coefficient (Wildman–Crippen LogP) is 6.62. The Morgan fingerprint density at radius 3 is 1.70 bits per heavy atom. The fourth-order valence-corrected chi connectivity index (χ4v) is 5.30. The minimum absolute atomic E-state index is 0.0332. The zero-order valence-electron chi connectivity index (χ0n) is 21.9. The van der Waals surface area contributed by atoms with E-state index in [4.69, 9.17) is 13.8 Å². The van der Waals surface area contributed by atoms with E-state index in [0.717, 1.165) is 24.0 Å². The number of likely N-dealkylation sites (tertiary alicyclic amines) is 1. The number of phosphoric acid groups is 1. The van der Waals surface area contributed by atoms with Gasteiger partial charge in [0.15, 0.2) is 0 Å². The molecule has 1 fully saturated rings. The van der Waals surface area contributed by atoms with Gasteiger partial charge in [0.1, 0.15) is 13.2 Å². The maximum absolute atomic E-state index is 11.9. The molecule has 1 rings (SSSR count). The molecule has 1 heterocycles. The van der Waals surface area contributed by atoms with Crippen LogP contribution in [0.15, 0.2) is 0 Å². The first kappa shape index (κ1) is 31.1. The number of piperidine rings is 1. The monoisotopic (exact) mass is 491 g/mol. The summed E-state index contributed by atoms with van der Waals surface area (Å²) in [5, 5.41) is 0. The Morgan fingerprint density at radius 1 is 0.667 bits per heavy atom. The molecular weight excluding hydrogens is 437 g/mol. The van der Waals surface area contributed by atoms with Crippen LogP contribution >= 0.6 is 7.82 Å². The summed E-state index contributed by atoms with van der Waals surface area (Å²) in [4.78, 5) is 11.9. The van der Waals surface area contributed by atoms with Gasteiger partial charge in [0.2, 0.25) is 0 Å². The molecule has 1 atom stereocenters. The number of phosphoric ester groups is 1. The van der Waals surface area contributed by atoms with Crippen LogP contribution in [0.25, 0.3) is 0 Å². The van der Waals surface area contributed by atoms with Crippen LogP contribution in [0.4, 0.5) is 0 Å². The Balaban J connectivity index is 1.81.